The second-order valence-corrected chi connectivity index (χ2v) is 9.49. The molecule has 0 saturated carbocycles. The third-order valence-electron chi connectivity index (χ3n) is 7.18. The molecule has 0 spiro atoms. The van der Waals surface area contributed by atoms with E-state index >= 15 is 0 Å². The van der Waals surface area contributed by atoms with Crippen LogP contribution in [0.4, 0.5) is 15.8 Å². The molecule has 3 amide bonds. The summed E-state index contributed by atoms with van der Waals surface area (Å²) in [6.45, 7) is 6.73. The van der Waals surface area contributed by atoms with Gasteiger partial charge >= 0.3 is 0 Å². The van der Waals surface area contributed by atoms with Gasteiger partial charge in [0.05, 0.1) is 11.1 Å². The standard InChI is InChI=1S/C30H31FN4O5/c1-3-33(4-2)30(38)23-18-21(32-28(36)20-9-12-26-27(17-20)40-19-39-26)10-11-25(23)34-13-15-35(16-14-34)29(37)22-7-5-6-8-24(22)31/h5-12,17-18H,3-4,13-16,19H2,1-2H3,(H,32,36). The number of anilines is 2. The SMILES string of the molecule is CCN(CC)C(=O)c1cc(NC(=O)c2ccc3c(c2)OCO3)ccc1N1CCN(C(=O)c2ccccc2F)CC1. The number of benzene rings is 3. The fourth-order valence-electron chi connectivity index (χ4n) is 4.94. The summed E-state index contributed by atoms with van der Waals surface area (Å²) in [6, 6.07) is 16.2. The Labute approximate surface area is 232 Å². The van der Waals surface area contributed by atoms with Crippen molar-refractivity contribution in [2.24, 2.45) is 0 Å². The van der Waals surface area contributed by atoms with E-state index in [-0.39, 0.29) is 30.1 Å². The molecular weight excluding hydrogens is 515 g/mol. The minimum atomic E-state index is -0.541. The van der Waals surface area contributed by atoms with E-state index in [0.717, 1.165) is 5.69 Å². The van der Waals surface area contributed by atoms with Gasteiger partial charge in [0, 0.05) is 56.2 Å². The fraction of sp³-hybridized carbons (Fsp3) is 0.300. The topological polar surface area (TPSA) is 91.4 Å². The van der Waals surface area contributed by atoms with Crippen molar-refractivity contribution in [1.29, 1.82) is 0 Å². The molecule has 0 atom stereocenters. The van der Waals surface area contributed by atoms with Gasteiger partial charge in [-0.3, -0.25) is 14.4 Å². The first-order valence-electron chi connectivity index (χ1n) is 13.3. The lowest BCUT2D eigenvalue weighted by molar-refractivity contribution is 0.0736. The van der Waals surface area contributed by atoms with Crippen molar-refractivity contribution >= 4 is 29.1 Å². The van der Waals surface area contributed by atoms with Crippen LogP contribution in [0.3, 0.4) is 0 Å². The number of carbonyl (C=O) groups is 3. The zero-order valence-corrected chi connectivity index (χ0v) is 22.5. The molecule has 2 heterocycles. The summed E-state index contributed by atoms with van der Waals surface area (Å²) in [7, 11) is 0. The summed E-state index contributed by atoms with van der Waals surface area (Å²) >= 11 is 0. The number of rotatable bonds is 7. The molecule has 0 unspecified atom stereocenters. The van der Waals surface area contributed by atoms with Crippen LogP contribution in [0.25, 0.3) is 0 Å². The molecule has 2 aliphatic heterocycles. The number of ether oxygens (including phenoxy) is 2. The summed E-state index contributed by atoms with van der Waals surface area (Å²) in [5, 5.41) is 2.88. The van der Waals surface area contributed by atoms with Gasteiger partial charge in [-0.1, -0.05) is 12.1 Å². The fourth-order valence-corrected chi connectivity index (χ4v) is 4.94. The summed E-state index contributed by atoms with van der Waals surface area (Å²) in [5.74, 6) is -0.285. The summed E-state index contributed by atoms with van der Waals surface area (Å²) in [4.78, 5) is 44.8. The molecule has 5 rings (SSSR count). The summed E-state index contributed by atoms with van der Waals surface area (Å²) in [5.41, 5.74) is 2.11. The predicted octanol–water partition coefficient (Wildman–Crippen LogP) is 4.25. The van der Waals surface area contributed by atoms with E-state index in [9.17, 15) is 18.8 Å². The van der Waals surface area contributed by atoms with Crippen LogP contribution in [0.2, 0.25) is 0 Å². The molecule has 2 aliphatic rings. The lowest BCUT2D eigenvalue weighted by atomic mass is 10.1. The Kier molecular flexibility index (Phi) is 7.86. The monoisotopic (exact) mass is 546 g/mol. The Balaban J connectivity index is 1.35. The Morgan fingerprint density at radius 1 is 0.875 bits per heavy atom. The van der Waals surface area contributed by atoms with Gasteiger partial charge < -0.3 is 29.5 Å². The van der Waals surface area contributed by atoms with E-state index in [1.54, 1.807) is 52.3 Å². The van der Waals surface area contributed by atoms with E-state index in [1.807, 2.05) is 24.8 Å². The third kappa shape index (κ3) is 5.42. The van der Waals surface area contributed by atoms with Crippen LogP contribution in [0.5, 0.6) is 11.5 Å². The molecule has 1 fully saturated rings. The molecule has 40 heavy (non-hydrogen) atoms. The number of hydrogen-bond donors (Lipinski definition) is 1. The minimum absolute atomic E-state index is 0.0518. The Morgan fingerprint density at radius 2 is 1.60 bits per heavy atom. The molecule has 1 saturated heterocycles. The van der Waals surface area contributed by atoms with Crippen LogP contribution in [-0.2, 0) is 0 Å². The van der Waals surface area contributed by atoms with Crippen molar-refractivity contribution < 1.29 is 28.2 Å². The van der Waals surface area contributed by atoms with Gasteiger partial charge in [0.2, 0.25) is 6.79 Å². The number of halogens is 1. The molecule has 208 valence electrons. The van der Waals surface area contributed by atoms with Crippen molar-refractivity contribution in [2.45, 2.75) is 13.8 Å². The number of amides is 3. The third-order valence-corrected chi connectivity index (χ3v) is 7.18. The predicted molar refractivity (Wildman–Crippen MR) is 149 cm³/mol. The van der Waals surface area contributed by atoms with Gasteiger partial charge in [-0.2, -0.15) is 0 Å². The van der Waals surface area contributed by atoms with E-state index in [4.69, 9.17) is 9.47 Å². The normalized spacial score (nSPS) is 14.2. The Morgan fingerprint density at radius 3 is 2.33 bits per heavy atom. The highest BCUT2D eigenvalue weighted by Gasteiger charge is 2.27. The zero-order chi connectivity index (χ0) is 28.2. The highest BCUT2D eigenvalue weighted by atomic mass is 19.1. The molecule has 0 bridgehead atoms. The molecule has 3 aromatic rings. The van der Waals surface area contributed by atoms with Gasteiger partial charge in [0.1, 0.15) is 5.82 Å². The number of nitrogens with one attached hydrogen (secondary N) is 1. The minimum Gasteiger partial charge on any atom is -0.454 e. The molecule has 9 nitrogen and oxygen atoms in total. The van der Waals surface area contributed by atoms with Gasteiger partial charge in [-0.25, -0.2) is 4.39 Å². The highest BCUT2D eigenvalue weighted by molar-refractivity contribution is 6.06. The summed E-state index contributed by atoms with van der Waals surface area (Å²) in [6.07, 6.45) is 0. The van der Waals surface area contributed by atoms with E-state index < -0.39 is 5.82 Å². The smallest absolute Gasteiger partial charge is 0.256 e. The van der Waals surface area contributed by atoms with Crippen LogP contribution in [0, 0.1) is 5.82 Å². The van der Waals surface area contributed by atoms with Crippen molar-refractivity contribution in [3.8, 4) is 11.5 Å². The Bertz CT molecular complexity index is 1430. The van der Waals surface area contributed by atoms with Crippen LogP contribution in [0.1, 0.15) is 44.9 Å². The van der Waals surface area contributed by atoms with E-state index in [0.29, 0.717) is 67.6 Å². The first kappa shape index (κ1) is 27.0. The van der Waals surface area contributed by atoms with Crippen LogP contribution < -0.4 is 19.7 Å². The molecule has 0 aromatic heterocycles. The van der Waals surface area contributed by atoms with Crippen LogP contribution >= 0.6 is 0 Å². The van der Waals surface area contributed by atoms with Crippen molar-refractivity contribution in [3.05, 3.63) is 83.2 Å². The second kappa shape index (κ2) is 11.6. The average molecular weight is 547 g/mol. The largest absolute Gasteiger partial charge is 0.454 e. The molecule has 3 aromatic carbocycles. The number of carbonyl (C=O) groups excluding carboxylic acids is 3. The Hall–Kier alpha value is -4.60. The van der Waals surface area contributed by atoms with Crippen LogP contribution in [-0.4, -0.2) is 73.6 Å². The number of piperazine rings is 1. The van der Waals surface area contributed by atoms with Gasteiger partial charge in [-0.15, -0.1) is 0 Å². The second-order valence-electron chi connectivity index (χ2n) is 9.49. The maximum Gasteiger partial charge on any atom is 0.256 e. The number of hydrogen-bond acceptors (Lipinski definition) is 6. The number of fused-ring (bicyclic) bond motifs is 1. The van der Waals surface area contributed by atoms with E-state index in [1.165, 1.54) is 12.1 Å². The first-order valence-corrected chi connectivity index (χ1v) is 13.3. The van der Waals surface area contributed by atoms with Crippen LogP contribution in [0.15, 0.2) is 60.7 Å². The van der Waals surface area contributed by atoms with E-state index in [2.05, 4.69) is 5.32 Å². The maximum absolute atomic E-state index is 14.2. The number of nitrogens with zero attached hydrogens (tertiary/aromatic N) is 3. The maximum atomic E-state index is 14.2. The van der Waals surface area contributed by atoms with Gasteiger partial charge in [0.25, 0.3) is 17.7 Å². The van der Waals surface area contributed by atoms with Gasteiger partial charge in [-0.05, 0) is 62.4 Å². The molecule has 1 N–H and O–H groups in total. The van der Waals surface area contributed by atoms with Crippen molar-refractivity contribution in [3.63, 3.8) is 0 Å². The van der Waals surface area contributed by atoms with Crippen molar-refractivity contribution in [1.82, 2.24) is 9.80 Å². The molecule has 10 heteroatoms. The summed E-state index contributed by atoms with van der Waals surface area (Å²) < 4.78 is 24.9. The molecular formula is C30H31FN4O5. The average Bonchev–Trinajstić information content (AvgIpc) is 3.46. The zero-order valence-electron chi connectivity index (χ0n) is 22.5. The quantitative estimate of drug-likeness (QED) is 0.477. The lowest BCUT2D eigenvalue weighted by Gasteiger charge is -2.37. The highest BCUT2D eigenvalue weighted by Crippen LogP contribution is 2.33. The lowest BCUT2D eigenvalue weighted by Crippen LogP contribution is -2.49. The van der Waals surface area contributed by atoms with Gasteiger partial charge in [0.15, 0.2) is 11.5 Å². The first-order chi connectivity index (χ1) is 19.4. The molecule has 0 radical (unpaired) electrons. The van der Waals surface area contributed by atoms with Crippen molar-refractivity contribution in [2.75, 3.05) is 56.3 Å². The molecule has 0 aliphatic carbocycles.